The predicted octanol–water partition coefficient (Wildman–Crippen LogP) is 1.84. The second-order valence-electron chi connectivity index (χ2n) is 7.83. The van der Waals surface area contributed by atoms with E-state index in [9.17, 15) is 4.79 Å². The van der Waals surface area contributed by atoms with Gasteiger partial charge in [0.1, 0.15) is 11.5 Å². The molecule has 8 nitrogen and oxygen atoms in total. The molecule has 1 spiro atoms. The Labute approximate surface area is 168 Å². The molecule has 3 heterocycles. The van der Waals surface area contributed by atoms with Crippen LogP contribution in [0.1, 0.15) is 24.0 Å². The van der Waals surface area contributed by atoms with Crippen molar-refractivity contribution < 1.29 is 4.79 Å². The van der Waals surface area contributed by atoms with E-state index in [1.165, 1.54) is 0 Å². The van der Waals surface area contributed by atoms with Crippen LogP contribution >= 0.6 is 0 Å². The van der Waals surface area contributed by atoms with E-state index >= 15 is 0 Å². The van der Waals surface area contributed by atoms with Crippen molar-refractivity contribution in [2.45, 2.75) is 24.8 Å². The standard InChI is InChI=1S/C21H21N7O/c22-12-15-3-1-2-14(10-15)11-17(29)28-9-8-27(13-21(28)5-6-21)19-16-4-7-24-18(16)25-20(23)26-19/h1-4,7,10H,5-6,8-9,11,13H2,(H3,23,24,25,26). The van der Waals surface area contributed by atoms with Gasteiger partial charge in [-0.1, -0.05) is 12.1 Å². The van der Waals surface area contributed by atoms with Crippen LogP contribution in [0.5, 0.6) is 0 Å². The number of rotatable bonds is 3. The Morgan fingerprint density at radius 1 is 1.28 bits per heavy atom. The van der Waals surface area contributed by atoms with E-state index in [-0.39, 0.29) is 17.4 Å². The first-order valence-electron chi connectivity index (χ1n) is 9.73. The van der Waals surface area contributed by atoms with Gasteiger partial charge in [0, 0.05) is 25.8 Å². The Balaban J connectivity index is 1.36. The zero-order chi connectivity index (χ0) is 20.0. The van der Waals surface area contributed by atoms with Gasteiger partial charge in [-0.05, 0) is 36.6 Å². The molecule has 3 aromatic rings. The number of nitrogen functional groups attached to an aromatic ring is 1. The third-order valence-corrected chi connectivity index (χ3v) is 5.90. The lowest BCUT2D eigenvalue weighted by atomic mass is 10.0. The lowest BCUT2D eigenvalue weighted by Gasteiger charge is -2.43. The molecule has 8 heteroatoms. The summed E-state index contributed by atoms with van der Waals surface area (Å²) in [4.78, 5) is 29.1. The van der Waals surface area contributed by atoms with Gasteiger partial charge in [0.2, 0.25) is 11.9 Å². The highest BCUT2D eigenvalue weighted by atomic mass is 16.2. The van der Waals surface area contributed by atoms with Crippen LogP contribution in [-0.4, -0.2) is 50.9 Å². The topological polar surface area (TPSA) is 115 Å². The van der Waals surface area contributed by atoms with Crippen molar-refractivity contribution in [1.82, 2.24) is 19.9 Å². The number of H-pyrrole nitrogens is 1. The van der Waals surface area contributed by atoms with Crippen LogP contribution in [0, 0.1) is 11.3 Å². The first kappa shape index (κ1) is 17.5. The fourth-order valence-electron chi connectivity index (χ4n) is 4.32. The van der Waals surface area contributed by atoms with Gasteiger partial charge in [0.05, 0.1) is 29.0 Å². The molecule has 29 heavy (non-hydrogen) atoms. The Morgan fingerprint density at radius 3 is 2.93 bits per heavy atom. The Bertz CT molecular complexity index is 1140. The maximum Gasteiger partial charge on any atom is 0.227 e. The predicted molar refractivity (Wildman–Crippen MR) is 109 cm³/mol. The van der Waals surface area contributed by atoms with Gasteiger partial charge in [0.15, 0.2) is 0 Å². The zero-order valence-corrected chi connectivity index (χ0v) is 15.9. The molecule has 1 aromatic carbocycles. The van der Waals surface area contributed by atoms with Gasteiger partial charge in [-0.25, -0.2) is 0 Å². The summed E-state index contributed by atoms with van der Waals surface area (Å²) >= 11 is 0. The number of hydrogen-bond acceptors (Lipinski definition) is 6. The average Bonchev–Trinajstić information content (AvgIpc) is 3.31. The number of carbonyl (C=O) groups excluding carboxylic acids is 1. The molecule has 2 aliphatic rings. The lowest BCUT2D eigenvalue weighted by Crippen LogP contribution is -2.57. The minimum atomic E-state index is -0.134. The number of hydrogen-bond donors (Lipinski definition) is 2. The second-order valence-corrected chi connectivity index (χ2v) is 7.83. The highest BCUT2D eigenvalue weighted by Gasteiger charge is 2.53. The smallest absolute Gasteiger partial charge is 0.227 e. The summed E-state index contributed by atoms with van der Waals surface area (Å²) < 4.78 is 0. The van der Waals surface area contributed by atoms with Crippen LogP contribution in [0.2, 0.25) is 0 Å². The van der Waals surface area contributed by atoms with E-state index < -0.39 is 0 Å². The number of fused-ring (bicyclic) bond motifs is 1. The van der Waals surface area contributed by atoms with Crippen molar-refractivity contribution in [3.63, 3.8) is 0 Å². The molecule has 2 fully saturated rings. The number of nitrogens with one attached hydrogen (secondary N) is 1. The number of nitrogens with two attached hydrogens (primary N) is 1. The number of benzene rings is 1. The molecule has 3 N–H and O–H groups in total. The maximum absolute atomic E-state index is 13.1. The van der Waals surface area contributed by atoms with Crippen LogP contribution in [0.4, 0.5) is 11.8 Å². The van der Waals surface area contributed by atoms with Crippen LogP contribution in [0.15, 0.2) is 36.5 Å². The third-order valence-electron chi connectivity index (χ3n) is 5.90. The van der Waals surface area contributed by atoms with Gasteiger partial charge >= 0.3 is 0 Å². The van der Waals surface area contributed by atoms with E-state index in [1.807, 2.05) is 29.3 Å². The quantitative estimate of drug-likeness (QED) is 0.709. The molecule has 1 saturated carbocycles. The van der Waals surface area contributed by atoms with Crippen molar-refractivity contribution in [1.29, 1.82) is 5.26 Å². The van der Waals surface area contributed by atoms with Crippen LogP contribution in [0.3, 0.4) is 0 Å². The molecule has 0 atom stereocenters. The normalized spacial score (nSPS) is 17.5. The van der Waals surface area contributed by atoms with Crippen molar-refractivity contribution in [3.8, 4) is 6.07 Å². The van der Waals surface area contributed by atoms with Crippen molar-refractivity contribution in [3.05, 3.63) is 47.7 Å². The van der Waals surface area contributed by atoms with Gasteiger partial charge in [0.25, 0.3) is 0 Å². The summed E-state index contributed by atoms with van der Waals surface area (Å²) in [6, 6.07) is 11.4. The van der Waals surface area contributed by atoms with Crippen molar-refractivity contribution >= 4 is 28.7 Å². The fourth-order valence-corrected chi connectivity index (χ4v) is 4.32. The van der Waals surface area contributed by atoms with Crippen molar-refractivity contribution in [2.75, 3.05) is 30.3 Å². The molecule has 0 radical (unpaired) electrons. The first-order valence-corrected chi connectivity index (χ1v) is 9.73. The molecular weight excluding hydrogens is 366 g/mol. The zero-order valence-electron chi connectivity index (χ0n) is 15.9. The summed E-state index contributed by atoms with van der Waals surface area (Å²) in [7, 11) is 0. The lowest BCUT2D eigenvalue weighted by molar-refractivity contribution is -0.134. The van der Waals surface area contributed by atoms with E-state index in [0.29, 0.717) is 25.1 Å². The number of anilines is 2. The maximum atomic E-state index is 13.1. The Morgan fingerprint density at radius 2 is 2.14 bits per heavy atom. The van der Waals surface area contributed by atoms with Crippen LogP contribution < -0.4 is 10.6 Å². The summed E-state index contributed by atoms with van der Waals surface area (Å²) in [5.74, 6) is 1.19. The van der Waals surface area contributed by atoms with Crippen LogP contribution in [0.25, 0.3) is 11.0 Å². The Kier molecular flexibility index (Phi) is 3.91. The summed E-state index contributed by atoms with van der Waals surface area (Å²) in [5.41, 5.74) is 7.96. The molecule has 1 aliphatic heterocycles. The third kappa shape index (κ3) is 3.05. The van der Waals surface area contributed by atoms with Crippen molar-refractivity contribution in [2.24, 2.45) is 0 Å². The number of amides is 1. The number of aromatic nitrogens is 3. The molecule has 146 valence electrons. The molecule has 1 amide bonds. The summed E-state index contributed by atoms with van der Waals surface area (Å²) in [6.07, 6.45) is 4.14. The number of nitrogens with zero attached hydrogens (tertiary/aromatic N) is 5. The molecule has 2 aromatic heterocycles. The minimum Gasteiger partial charge on any atom is -0.368 e. The van der Waals surface area contributed by atoms with E-state index in [1.54, 1.807) is 12.1 Å². The van der Waals surface area contributed by atoms with Gasteiger partial charge in [-0.3, -0.25) is 4.79 Å². The minimum absolute atomic E-state index is 0.117. The number of nitriles is 1. The number of piperazine rings is 1. The fraction of sp³-hybridized carbons (Fsp3) is 0.333. The number of aromatic amines is 1. The molecule has 1 saturated heterocycles. The van der Waals surface area contributed by atoms with Crippen LogP contribution in [-0.2, 0) is 11.2 Å². The molecular formula is C21H21N7O. The first-order chi connectivity index (χ1) is 14.1. The molecule has 5 rings (SSSR count). The molecule has 1 aliphatic carbocycles. The SMILES string of the molecule is N#Cc1cccc(CC(=O)N2CCN(c3nc(N)nc4[nH]ccc34)CC23CC3)c1. The highest BCUT2D eigenvalue weighted by molar-refractivity contribution is 5.89. The van der Waals surface area contributed by atoms with Gasteiger partial charge < -0.3 is 20.5 Å². The second kappa shape index (κ2) is 6.48. The average molecular weight is 387 g/mol. The van der Waals surface area contributed by atoms with Gasteiger partial charge in [-0.2, -0.15) is 15.2 Å². The van der Waals surface area contributed by atoms with E-state index in [4.69, 9.17) is 11.0 Å². The summed E-state index contributed by atoms with van der Waals surface area (Å²) in [5, 5.41) is 10.0. The van der Waals surface area contributed by atoms with E-state index in [2.05, 4.69) is 25.9 Å². The highest BCUT2D eigenvalue weighted by Crippen LogP contribution is 2.45. The largest absolute Gasteiger partial charge is 0.368 e. The molecule has 0 unspecified atom stereocenters. The number of carbonyl (C=O) groups is 1. The molecule has 0 bridgehead atoms. The van der Waals surface area contributed by atoms with E-state index in [0.717, 1.165) is 41.8 Å². The van der Waals surface area contributed by atoms with Gasteiger partial charge in [-0.15, -0.1) is 0 Å². The Hall–Kier alpha value is -3.60. The monoisotopic (exact) mass is 387 g/mol. The summed E-state index contributed by atoms with van der Waals surface area (Å²) in [6.45, 7) is 2.09.